The number of anilines is 1. The first kappa shape index (κ1) is 18.5. The van der Waals surface area contributed by atoms with Crippen molar-refractivity contribution in [3.05, 3.63) is 59.9 Å². The van der Waals surface area contributed by atoms with Crippen molar-refractivity contribution in [3.8, 4) is 0 Å². The van der Waals surface area contributed by atoms with Crippen LogP contribution in [0, 0.1) is 0 Å². The molecule has 1 aromatic heterocycles. The topological polar surface area (TPSA) is 54.6 Å². The molecule has 138 valence electrons. The van der Waals surface area contributed by atoms with Gasteiger partial charge >= 0.3 is 0 Å². The van der Waals surface area contributed by atoms with Gasteiger partial charge in [0.1, 0.15) is 9.96 Å². The zero-order chi connectivity index (χ0) is 18.6. The molecule has 1 N–H and O–H groups in total. The van der Waals surface area contributed by atoms with Gasteiger partial charge in [-0.3, -0.25) is 9.79 Å². The van der Waals surface area contributed by atoms with E-state index in [1.807, 2.05) is 54.8 Å². The number of hydrogen-bond acceptors (Lipinski definition) is 6. The minimum Gasteiger partial charge on any atom is -0.451 e. The number of nitrogens with one attached hydrogen (secondary N) is 1. The van der Waals surface area contributed by atoms with Crippen LogP contribution in [0.5, 0.6) is 0 Å². The Hall–Kier alpha value is -1.83. The van der Waals surface area contributed by atoms with Crippen molar-refractivity contribution in [1.29, 1.82) is 0 Å². The molecule has 0 aliphatic carbocycles. The number of amides is 1. The first-order valence-electron chi connectivity index (χ1n) is 8.50. The lowest BCUT2D eigenvalue weighted by Gasteiger charge is -2.07. The molecule has 0 saturated heterocycles. The second kappa shape index (κ2) is 8.46. The monoisotopic (exact) mass is 414 g/mol. The molecule has 0 saturated carbocycles. The molecule has 27 heavy (non-hydrogen) atoms. The van der Waals surface area contributed by atoms with E-state index in [-0.39, 0.29) is 5.91 Å². The van der Waals surface area contributed by atoms with Crippen LogP contribution in [0.25, 0.3) is 11.0 Å². The van der Waals surface area contributed by atoms with Crippen molar-refractivity contribution in [3.63, 3.8) is 0 Å². The third-order valence-electron chi connectivity index (χ3n) is 4.13. The Kier molecular flexibility index (Phi) is 5.80. The molecule has 1 aliphatic rings. The van der Waals surface area contributed by atoms with E-state index in [1.165, 1.54) is 0 Å². The Balaban J connectivity index is 1.62. The van der Waals surface area contributed by atoms with Gasteiger partial charge in [0, 0.05) is 33.0 Å². The molecule has 0 fully saturated rings. The van der Waals surface area contributed by atoms with Crippen LogP contribution in [0.2, 0.25) is 0 Å². The zero-order valence-electron chi connectivity index (χ0n) is 14.7. The quantitative estimate of drug-likeness (QED) is 0.539. The van der Waals surface area contributed by atoms with Crippen molar-refractivity contribution >= 4 is 62.2 Å². The summed E-state index contributed by atoms with van der Waals surface area (Å²) in [6, 6.07) is 15.6. The van der Waals surface area contributed by atoms with E-state index in [0.29, 0.717) is 11.5 Å². The number of furan rings is 1. The molecule has 0 spiro atoms. The summed E-state index contributed by atoms with van der Waals surface area (Å²) in [6.07, 6.45) is 2.01. The maximum absolute atomic E-state index is 12.9. The van der Waals surface area contributed by atoms with Gasteiger partial charge in [0.25, 0.3) is 5.91 Å². The summed E-state index contributed by atoms with van der Waals surface area (Å²) in [5.41, 5.74) is 2.42. The van der Waals surface area contributed by atoms with E-state index >= 15 is 0 Å². The van der Waals surface area contributed by atoms with Gasteiger partial charge in [-0.15, -0.1) is 11.8 Å². The average Bonchev–Trinajstić information content (AvgIpc) is 3.34. The number of benzene rings is 2. The molecule has 2 aromatic carbocycles. The number of rotatable bonds is 5. The van der Waals surface area contributed by atoms with Crippen LogP contribution >= 0.6 is 35.3 Å². The Morgan fingerprint density at radius 3 is 2.96 bits per heavy atom. The number of aliphatic imine (C=N–C) groups is 1. The highest BCUT2D eigenvalue weighted by Gasteiger charge is 2.22. The van der Waals surface area contributed by atoms with Crippen LogP contribution in [0.1, 0.15) is 16.1 Å². The van der Waals surface area contributed by atoms with Crippen LogP contribution in [0.4, 0.5) is 5.69 Å². The standard InChI is InChI=1S/C20H18N2O2S3/c1-25-14-6-4-5-13(11-14)22-19(23)18-16(12-27-20-21-9-10-26-20)15-7-2-3-8-17(15)24-18/h2-8,11H,9-10,12H2,1H3,(H,22,23). The molecule has 0 radical (unpaired) electrons. The Bertz CT molecular complexity index is 1010. The van der Waals surface area contributed by atoms with Crippen LogP contribution in [-0.4, -0.2) is 28.8 Å². The van der Waals surface area contributed by atoms with Crippen LogP contribution in [-0.2, 0) is 5.75 Å². The molecule has 0 unspecified atom stereocenters. The Morgan fingerprint density at radius 2 is 2.15 bits per heavy atom. The van der Waals surface area contributed by atoms with Crippen molar-refractivity contribution in [2.45, 2.75) is 10.6 Å². The first-order chi connectivity index (χ1) is 13.2. The maximum Gasteiger partial charge on any atom is 0.291 e. The summed E-state index contributed by atoms with van der Waals surface area (Å²) in [5.74, 6) is 1.85. The fourth-order valence-electron chi connectivity index (χ4n) is 2.85. The number of nitrogens with zero attached hydrogens (tertiary/aromatic N) is 1. The molecule has 7 heteroatoms. The van der Waals surface area contributed by atoms with Gasteiger partial charge in [-0.25, -0.2) is 0 Å². The van der Waals surface area contributed by atoms with Crippen LogP contribution < -0.4 is 5.32 Å². The number of hydrogen-bond donors (Lipinski definition) is 1. The Morgan fingerprint density at radius 1 is 1.26 bits per heavy atom. The predicted octanol–water partition coefficient (Wildman–Crippen LogP) is 5.74. The highest BCUT2D eigenvalue weighted by Crippen LogP contribution is 2.33. The highest BCUT2D eigenvalue weighted by molar-refractivity contribution is 8.38. The summed E-state index contributed by atoms with van der Waals surface area (Å²) in [4.78, 5) is 18.5. The van der Waals surface area contributed by atoms with Gasteiger partial charge < -0.3 is 9.73 Å². The molecule has 1 aliphatic heterocycles. The third-order valence-corrected chi connectivity index (χ3v) is 7.13. The summed E-state index contributed by atoms with van der Waals surface area (Å²) in [5, 5.41) is 3.95. The van der Waals surface area contributed by atoms with E-state index in [2.05, 4.69) is 10.3 Å². The van der Waals surface area contributed by atoms with Gasteiger partial charge in [0.2, 0.25) is 0 Å². The minimum absolute atomic E-state index is 0.221. The first-order valence-corrected chi connectivity index (χ1v) is 11.7. The summed E-state index contributed by atoms with van der Waals surface area (Å²) < 4.78 is 7.01. The number of fused-ring (bicyclic) bond motifs is 1. The molecule has 4 rings (SSSR count). The van der Waals surface area contributed by atoms with Crippen molar-refractivity contribution in [2.24, 2.45) is 4.99 Å². The molecule has 3 aromatic rings. The molecule has 1 amide bonds. The Labute approximate surface area is 170 Å². The van der Waals surface area contributed by atoms with Crippen molar-refractivity contribution in [2.75, 3.05) is 23.9 Å². The van der Waals surface area contributed by atoms with Gasteiger partial charge in [0.05, 0.1) is 6.54 Å². The minimum atomic E-state index is -0.221. The van der Waals surface area contributed by atoms with Crippen molar-refractivity contribution < 1.29 is 9.21 Å². The van der Waals surface area contributed by atoms with Gasteiger partial charge in [-0.2, -0.15) is 0 Å². The van der Waals surface area contributed by atoms with E-state index in [0.717, 1.165) is 43.8 Å². The highest BCUT2D eigenvalue weighted by atomic mass is 32.2. The normalized spacial score (nSPS) is 13.7. The molecular formula is C20H18N2O2S3. The van der Waals surface area contributed by atoms with Crippen LogP contribution in [0.15, 0.2) is 62.8 Å². The second-order valence-electron chi connectivity index (χ2n) is 5.88. The molecule has 2 heterocycles. The lowest BCUT2D eigenvalue weighted by atomic mass is 10.1. The summed E-state index contributed by atoms with van der Waals surface area (Å²) >= 11 is 5.08. The smallest absolute Gasteiger partial charge is 0.291 e. The lowest BCUT2D eigenvalue weighted by molar-refractivity contribution is 0.0998. The summed E-state index contributed by atoms with van der Waals surface area (Å²) in [6.45, 7) is 0.873. The summed E-state index contributed by atoms with van der Waals surface area (Å²) in [7, 11) is 0. The van der Waals surface area contributed by atoms with Crippen molar-refractivity contribution in [1.82, 2.24) is 0 Å². The number of carbonyl (C=O) groups excluding carboxylic acids is 1. The number of para-hydroxylation sites is 1. The van der Waals surface area contributed by atoms with E-state index in [9.17, 15) is 4.79 Å². The van der Waals surface area contributed by atoms with Gasteiger partial charge in [0.15, 0.2) is 5.76 Å². The zero-order valence-corrected chi connectivity index (χ0v) is 17.2. The number of carbonyl (C=O) groups is 1. The molecule has 0 bridgehead atoms. The van der Waals surface area contributed by atoms with E-state index < -0.39 is 0 Å². The largest absolute Gasteiger partial charge is 0.451 e. The lowest BCUT2D eigenvalue weighted by Crippen LogP contribution is -2.12. The molecule has 0 atom stereocenters. The average molecular weight is 415 g/mol. The fraction of sp³-hybridized carbons (Fsp3) is 0.200. The van der Waals surface area contributed by atoms with E-state index in [1.54, 1.807) is 35.3 Å². The van der Waals surface area contributed by atoms with Gasteiger partial charge in [-0.05, 0) is 30.5 Å². The molecule has 4 nitrogen and oxygen atoms in total. The second-order valence-corrected chi connectivity index (χ2v) is 9.06. The molecular weight excluding hydrogens is 396 g/mol. The fourth-order valence-corrected chi connectivity index (χ4v) is 5.35. The van der Waals surface area contributed by atoms with Crippen LogP contribution in [0.3, 0.4) is 0 Å². The van der Waals surface area contributed by atoms with Gasteiger partial charge in [-0.1, -0.05) is 47.8 Å². The van der Waals surface area contributed by atoms with E-state index in [4.69, 9.17) is 4.42 Å². The third kappa shape index (κ3) is 4.20. The maximum atomic E-state index is 12.9. The predicted molar refractivity (Wildman–Crippen MR) is 118 cm³/mol. The SMILES string of the molecule is CSc1cccc(NC(=O)c2oc3ccccc3c2CSC2=NCCS2)c1. The number of thioether (sulfide) groups is 3.